The van der Waals surface area contributed by atoms with Crippen LogP contribution in [0.1, 0.15) is 36.4 Å². The van der Waals surface area contributed by atoms with E-state index in [1.807, 2.05) is 0 Å². The average Bonchev–Trinajstić information content (AvgIpc) is 3.43. The van der Waals surface area contributed by atoms with E-state index < -0.39 is 67.1 Å². The molecule has 2 aliphatic heterocycles. The van der Waals surface area contributed by atoms with Crippen LogP contribution in [0.25, 0.3) is 0 Å². The van der Waals surface area contributed by atoms with Crippen molar-refractivity contribution in [1.82, 2.24) is 19.1 Å². The summed E-state index contributed by atoms with van der Waals surface area (Å²) in [7, 11) is -0.977. The van der Waals surface area contributed by atoms with E-state index in [2.05, 4.69) is 9.97 Å². The third-order valence-corrected chi connectivity index (χ3v) is 6.32. The van der Waals surface area contributed by atoms with E-state index in [9.17, 15) is 29.4 Å². The first-order valence-electron chi connectivity index (χ1n) is 12.6. The number of aliphatic hydroxyl groups is 3. The van der Waals surface area contributed by atoms with E-state index in [4.69, 9.17) is 21.4 Å². The molecule has 0 bridgehead atoms. The molecule has 6 unspecified atom stereocenters. The Hall–Kier alpha value is -2.47. The minimum atomic E-state index is -0.977. The first-order valence-corrected chi connectivity index (χ1v) is 12.3. The zero-order valence-electron chi connectivity index (χ0n) is 22.2. The molecule has 0 aromatic carbocycles. The highest BCUT2D eigenvalue weighted by Crippen LogP contribution is 2.28. The van der Waals surface area contributed by atoms with Gasteiger partial charge in [0.15, 0.2) is 0 Å². The Morgan fingerprint density at radius 2 is 1.54 bits per heavy atom. The third kappa shape index (κ3) is 7.10. The molecule has 2 fully saturated rings. The maximum absolute atomic E-state index is 11.8. The minimum Gasteiger partial charge on any atom is -0.394 e. The molecule has 16 heteroatoms. The van der Waals surface area contributed by atoms with Crippen LogP contribution in [0.4, 0.5) is 0 Å². The van der Waals surface area contributed by atoms with Crippen LogP contribution in [0.3, 0.4) is 0 Å². The molecule has 0 saturated carbocycles. The lowest BCUT2D eigenvalue weighted by molar-refractivity contribution is -0.0459. The van der Waals surface area contributed by atoms with E-state index in [0.717, 1.165) is 12.0 Å². The molecule has 2 aliphatic rings. The minimum absolute atomic E-state index is 0.0894. The predicted molar refractivity (Wildman–Crippen MR) is 135 cm³/mol. The van der Waals surface area contributed by atoms with E-state index in [0.29, 0.717) is 11.1 Å². The van der Waals surface area contributed by atoms with E-state index in [1.54, 1.807) is 13.8 Å². The average molecular weight is 545 g/mol. The fourth-order valence-electron chi connectivity index (χ4n) is 3.85. The molecule has 2 aromatic heterocycles. The molecule has 4 rings (SSSR count). The van der Waals surface area contributed by atoms with E-state index in [1.165, 1.54) is 21.5 Å². The molecule has 204 valence electrons. The summed E-state index contributed by atoms with van der Waals surface area (Å²) in [4.78, 5) is 50.3. The number of hydrogen-bond donors (Lipinski definition) is 5. The van der Waals surface area contributed by atoms with E-state index >= 15 is 0 Å². The summed E-state index contributed by atoms with van der Waals surface area (Å²) in [5.41, 5.74) is -1.10. The standard InChI is InChI=1S/C11H17BN2O5S.C10H14N2O5/c1-6-3-14(11(17)13-10(6)16)9-2-7(15)8(19-9)4-18-20-5-12;1-5-3-12(10(16)11-9(5)15)8-2-6(14)7(4-13)17-8/h3,7-9,15H,2,4-5,12H2,1H3,(H,13,16,17);3,6-8,13-14H,2,4H2,1H3,(H,11,15,16)/i12TD;. The summed E-state index contributed by atoms with van der Waals surface area (Å²) in [5.74, 6) is 0. The van der Waals surface area contributed by atoms with Gasteiger partial charge in [0, 0.05) is 36.4 Å². The number of aliphatic hydroxyl groups excluding tert-OH is 3. The largest absolute Gasteiger partial charge is 0.394 e. The quantitative estimate of drug-likeness (QED) is 0.131. The molecule has 14 nitrogen and oxygen atoms in total. The number of hydrogen-bond acceptors (Lipinski definition) is 11. The highest BCUT2D eigenvalue weighted by molar-refractivity contribution is 7.95. The number of rotatable bonds is 8. The van der Waals surface area contributed by atoms with Crippen molar-refractivity contribution >= 4 is 19.8 Å². The molecule has 0 aliphatic carbocycles. The second-order valence-corrected chi connectivity index (χ2v) is 9.38. The van der Waals surface area contributed by atoms with E-state index in [-0.39, 0.29) is 31.7 Å². The number of ether oxygens (including phenoxy) is 2. The highest BCUT2D eigenvalue weighted by Gasteiger charge is 2.36. The van der Waals surface area contributed by atoms with Gasteiger partial charge in [0.25, 0.3) is 11.1 Å². The number of aromatic amines is 2. The van der Waals surface area contributed by atoms with Crippen LogP contribution >= 0.6 is 12.0 Å². The fraction of sp³-hybridized carbons (Fsp3) is 0.619. The number of H-pyrrole nitrogens is 2. The summed E-state index contributed by atoms with van der Waals surface area (Å²) in [6.45, 7) is 2.93. The summed E-state index contributed by atoms with van der Waals surface area (Å²) in [6.07, 6.45) is -1.04. The molecule has 2 saturated heterocycles. The topological polar surface area (TPSA) is 198 Å². The van der Waals surface area contributed by atoms with Gasteiger partial charge in [0.05, 0.1) is 25.4 Å². The molecule has 37 heavy (non-hydrogen) atoms. The van der Waals surface area contributed by atoms with Crippen molar-refractivity contribution in [2.45, 2.75) is 63.6 Å². The Morgan fingerprint density at radius 1 is 1.05 bits per heavy atom. The lowest BCUT2D eigenvalue weighted by atomic mass is 10.2. The van der Waals surface area contributed by atoms with Crippen LogP contribution in [0.5, 0.6) is 0 Å². The van der Waals surface area contributed by atoms with Crippen molar-refractivity contribution < 1.29 is 29.0 Å². The first kappa shape index (κ1) is 26.2. The van der Waals surface area contributed by atoms with Crippen LogP contribution in [0.2, 0.25) is 0 Å². The number of aryl methyl sites for hydroxylation is 2. The van der Waals surface area contributed by atoms with Crippen LogP contribution < -0.4 is 22.5 Å². The number of nitrogens with zero attached hydrogens (tertiary/aromatic N) is 2. The zero-order valence-corrected chi connectivity index (χ0v) is 21.1. The maximum atomic E-state index is 11.8. The van der Waals surface area contributed by atoms with Gasteiger partial charge in [0.2, 0.25) is 0 Å². The molecule has 2 aromatic rings. The van der Waals surface area contributed by atoms with Crippen LogP contribution in [-0.2, 0) is 13.7 Å². The maximum Gasteiger partial charge on any atom is 0.330 e. The second-order valence-electron chi connectivity index (χ2n) is 8.57. The van der Waals surface area contributed by atoms with Gasteiger partial charge in [0.1, 0.15) is 32.4 Å². The van der Waals surface area contributed by atoms with Crippen LogP contribution in [0, 0.1) is 13.8 Å². The van der Waals surface area contributed by atoms with Crippen molar-refractivity contribution in [3.05, 3.63) is 65.2 Å². The van der Waals surface area contributed by atoms with Crippen molar-refractivity contribution in [1.29, 1.82) is 2.67 Å². The molecule has 0 spiro atoms. The van der Waals surface area contributed by atoms with Gasteiger partial charge in [-0.15, -0.1) is 0 Å². The lowest BCUT2D eigenvalue weighted by Gasteiger charge is -2.15. The van der Waals surface area contributed by atoms with Crippen molar-refractivity contribution in [2.24, 2.45) is 0 Å². The Balaban J connectivity index is 0.000000223. The smallest absolute Gasteiger partial charge is 0.330 e. The van der Waals surface area contributed by atoms with Crippen molar-refractivity contribution in [3.63, 3.8) is 0 Å². The van der Waals surface area contributed by atoms with Crippen molar-refractivity contribution in [3.8, 4) is 0 Å². The summed E-state index contributed by atoms with van der Waals surface area (Å²) < 4.78 is 32.7. The molecular weight excluding hydrogens is 511 g/mol. The Kier molecular flexibility index (Phi) is 9.09. The van der Waals surface area contributed by atoms with Crippen LogP contribution in [-0.4, -0.2) is 88.1 Å². The van der Waals surface area contributed by atoms with Gasteiger partial charge in [-0.2, -0.15) is 0 Å². The Labute approximate surface area is 218 Å². The summed E-state index contributed by atoms with van der Waals surface area (Å²) in [5, 5.41) is 28.5. The summed E-state index contributed by atoms with van der Waals surface area (Å²) >= 11 is 0.973. The van der Waals surface area contributed by atoms with Gasteiger partial charge in [-0.05, 0) is 34.2 Å². The molecule has 5 N–H and O–H groups in total. The zero-order chi connectivity index (χ0) is 28.9. The lowest BCUT2D eigenvalue weighted by Crippen LogP contribution is -2.33. The molecular formula is C21H31BN4O10S. The van der Waals surface area contributed by atoms with Gasteiger partial charge in [-0.25, -0.2) is 9.59 Å². The molecule has 0 radical (unpaired) electrons. The SMILES string of the molecule is Cc1cn(C2CC(O)C(CO)O2)c(=O)[nH]c1=O.[2H]B([3H])CSOCC1OC(n2cc(C)c(=O)[nH]c2=O)CC1O. The molecule has 4 heterocycles. The van der Waals surface area contributed by atoms with Gasteiger partial charge < -0.3 is 29.0 Å². The van der Waals surface area contributed by atoms with Crippen LogP contribution in [0.15, 0.2) is 31.6 Å². The van der Waals surface area contributed by atoms with Gasteiger partial charge >= 0.3 is 11.4 Å². The number of nitrogens with one attached hydrogen (secondary N) is 2. The Morgan fingerprint density at radius 3 is 2.00 bits per heavy atom. The first-order chi connectivity index (χ1) is 18.4. The molecule has 0 amide bonds. The third-order valence-electron chi connectivity index (χ3n) is 5.88. The van der Waals surface area contributed by atoms with Gasteiger partial charge in [-0.3, -0.25) is 28.7 Å². The Bertz CT molecular complexity index is 1350. The van der Waals surface area contributed by atoms with Crippen molar-refractivity contribution in [2.75, 3.05) is 18.9 Å². The molecule has 6 atom stereocenters. The normalized spacial score (nSPS) is 27.8. The fourth-order valence-corrected chi connectivity index (χ4v) is 4.18. The highest BCUT2D eigenvalue weighted by atomic mass is 32.2. The monoisotopic (exact) mass is 545 g/mol. The van der Waals surface area contributed by atoms with Gasteiger partial charge in [-0.1, -0.05) is 0 Å². The number of aromatic nitrogens is 4. The second kappa shape index (κ2) is 12.9. The summed E-state index contributed by atoms with van der Waals surface area (Å²) in [6, 6.07) is 0. The predicted octanol–water partition coefficient (Wildman–Crippen LogP) is -2.77.